The van der Waals surface area contributed by atoms with Gasteiger partial charge in [-0.1, -0.05) is 12.1 Å². The lowest BCUT2D eigenvalue weighted by Gasteiger charge is -2.26. The molecule has 2 heterocycles. The van der Waals surface area contributed by atoms with Crippen LogP contribution in [0.1, 0.15) is 40.9 Å². The van der Waals surface area contributed by atoms with Crippen LogP contribution in [0.3, 0.4) is 0 Å². The van der Waals surface area contributed by atoms with Crippen molar-refractivity contribution in [1.82, 2.24) is 8.75 Å². The van der Waals surface area contributed by atoms with Crippen molar-refractivity contribution in [2.24, 2.45) is 0 Å². The number of benzene rings is 4. The molecule has 5 aromatic rings. The number of carbonyl (C=O) groups is 2. The van der Waals surface area contributed by atoms with E-state index in [0.29, 0.717) is 45.3 Å². The molecule has 0 fully saturated rings. The van der Waals surface area contributed by atoms with Gasteiger partial charge >= 0.3 is 5.97 Å². The van der Waals surface area contributed by atoms with Gasteiger partial charge in [-0.05, 0) is 91.7 Å². The first-order chi connectivity index (χ1) is 22.6. The van der Waals surface area contributed by atoms with Crippen molar-refractivity contribution in [2.45, 2.75) is 32.2 Å². The van der Waals surface area contributed by atoms with Crippen LogP contribution < -0.4 is 14.2 Å². The van der Waals surface area contributed by atoms with Crippen LogP contribution in [0, 0.1) is 11.6 Å². The van der Waals surface area contributed by atoms with Crippen molar-refractivity contribution >= 4 is 40.6 Å². The number of rotatable bonds is 9. The summed E-state index contributed by atoms with van der Waals surface area (Å²) in [7, 11) is 2.76. The average Bonchev–Trinajstić information content (AvgIpc) is 3.62. The second kappa shape index (κ2) is 14.1. The van der Waals surface area contributed by atoms with Crippen molar-refractivity contribution in [2.75, 3.05) is 14.2 Å². The minimum Gasteiger partial charge on any atom is -0.494 e. The van der Waals surface area contributed by atoms with Crippen LogP contribution >= 0.6 is 11.7 Å². The molecule has 1 aliphatic heterocycles. The van der Waals surface area contributed by atoms with E-state index in [9.17, 15) is 23.5 Å². The maximum atomic E-state index is 14.5. The third-order valence-corrected chi connectivity index (χ3v) is 7.78. The van der Waals surface area contributed by atoms with E-state index in [-0.39, 0.29) is 35.2 Å². The summed E-state index contributed by atoms with van der Waals surface area (Å²) in [6, 6.07) is 20.5. The van der Waals surface area contributed by atoms with Crippen molar-refractivity contribution in [1.29, 1.82) is 0 Å². The number of ether oxygens (including phenoxy) is 4. The molecule has 4 aromatic carbocycles. The second-order valence-electron chi connectivity index (χ2n) is 10.7. The number of carbonyl (C=O) groups excluding carboxylic acids is 2. The van der Waals surface area contributed by atoms with Gasteiger partial charge in [0.2, 0.25) is 0 Å². The molecule has 9 nitrogen and oxygen atoms in total. The highest BCUT2D eigenvalue weighted by Crippen LogP contribution is 2.45. The minimum atomic E-state index is -2.06. The van der Waals surface area contributed by atoms with Crippen molar-refractivity contribution in [3.8, 4) is 17.2 Å². The molecule has 1 aromatic heterocycles. The van der Waals surface area contributed by atoms with Gasteiger partial charge < -0.3 is 24.1 Å². The zero-order chi connectivity index (χ0) is 33.7. The summed E-state index contributed by atoms with van der Waals surface area (Å²) < 4.78 is 56.7. The summed E-state index contributed by atoms with van der Waals surface area (Å²) >= 11 is 1.07. The number of methoxy groups -OCH3 is 2. The second-order valence-corrected chi connectivity index (χ2v) is 11.2. The lowest BCUT2D eigenvalue weighted by Crippen LogP contribution is -2.29. The number of aldehydes is 1. The molecule has 0 aliphatic carbocycles. The highest BCUT2D eigenvalue weighted by atomic mass is 32.1. The molecule has 0 saturated heterocycles. The first-order valence-electron chi connectivity index (χ1n) is 14.4. The van der Waals surface area contributed by atoms with Gasteiger partial charge in [0.25, 0.3) is 5.79 Å². The Bertz CT molecular complexity index is 1960. The maximum absolute atomic E-state index is 14.5. The zero-order valence-corrected chi connectivity index (χ0v) is 26.6. The highest BCUT2D eigenvalue weighted by molar-refractivity contribution is 7.00. The number of hydrogen-bond acceptors (Lipinski definition) is 10. The normalized spacial score (nSPS) is 15.7. The minimum absolute atomic E-state index is 0.0228. The number of cyclic esters (lactones) is 1. The summed E-state index contributed by atoms with van der Waals surface area (Å²) in [6.45, 7) is 3.83. The summed E-state index contributed by atoms with van der Waals surface area (Å²) in [5, 5.41) is 11.8. The van der Waals surface area contributed by atoms with Gasteiger partial charge in [-0.3, -0.25) is 4.79 Å². The fourth-order valence-corrected chi connectivity index (χ4v) is 5.54. The van der Waals surface area contributed by atoms with Crippen molar-refractivity contribution in [3.05, 3.63) is 118 Å². The average molecular weight is 661 g/mol. The maximum Gasteiger partial charge on any atom is 0.342 e. The Labute approximate surface area is 273 Å². The molecule has 6 rings (SSSR count). The van der Waals surface area contributed by atoms with E-state index < -0.39 is 23.4 Å². The lowest BCUT2D eigenvalue weighted by atomic mass is 9.88. The van der Waals surface area contributed by atoms with Crippen LogP contribution in [-0.2, 0) is 21.7 Å². The molecule has 0 radical (unpaired) electrons. The Balaban J connectivity index is 0.000000335. The van der Waals surface area contributed by atoms with Gasteiger partial charge in [-0.25, -0.2) is 13.6 Å². The molecule has 12 heteroatoms. The third kappa shape index (κ3) is 7.13. The van der Waals surface area contributed by atoms with E-state index in [1.54, 1.807) is 48.5 Å². The first kappa shape index (κ1) is 33.2. The standard InChI is InChI=1S/C27H23FN2O5S.C8H7FO2/c1-15(2)34-19-8-6-18(7-9-19)27(32)20(12-16-4-11-24(33-3)21(28)13-16)25(26(31)35-27)17-5-10-22-23(14-17)30-36-29-22;1-11-8-3-2-6(5-10)4-7(8)9/h4-11,13-15,32H,12H2,1-3H3;2-5H,1H3. The number of halogens is 2. The topological polar surface area (TPSA) is 117 Å². The summed E-state index contributed by atoms with van der Waals surface area (Å²) in [5.74, 6) is -2.94. The van der Waals surface area contributed by atoms with Gasteiger partial charge in [0.05, 0.1) is 37.6 Å². The fraction of sp³-hybridized carbons (Fsp3) is 0.200. The Morgan fingerprint density at radius 1 is 0.894 bits per heavy atom. The van der Waals surface area contributed by atoms with E-state index >= 15 is 0 Å². The number of aromatic nitrogens is 2. The molecule has 0 amide bonds. The van der Waals surface area contributed by atoms with Gasteiger partial charge in [-0.2, -0.15) is 8.75 Å². The van der Waals surface area contributed by atoms with Gasteiger partial charge in [0.1, 0.15) is 23.1 Å². The first-order valence-corrected chi connectivity index (χ1v) is 15.1. The lowest BCUT2D eigenvalue weighted by molar-refractivity contribution is -0.185. The molecule has 47 heavy (non-hydrogen) atoms. The smallest absolute Gasteiger partial charge is 0.342 e. The Morgan fingerprint density at radius 3 is 2.17 bits per heavy atom. The van der Waals surface area contributed by atoms with Crippen LogP contribution in [0.15, 0.2) is 84.4 Å². The highest BCUT2D eigenvalue weighted by Gasteiger charge is 2.48. The molecular formula is C35H30F2N2O7S. The van der Waals surface area contributed by atoms with Crippen molar-refractivity contribution < 1.29 is 42.4 Å². The zero-order valence-electron chi connectivity index (χ0n) is 25.8. The largest absolute Gasteiger partial charge is 0.494 e. The monoisotopic (exact) mass is 660 g/mol. The van der Waals surface area contributed by atoms with Crippen LogP contribution in [0.5, 0.6) is 17.2 Å². The number of esters is 1. The third-order valence-electron chi connectivity index (χ3n) is 7.22. The summed E-state index contributed by atoms with van der Waals surface area (Å²) in [4.78, 5) is 23.4. The summed E-state index contributed by atoms with van der Waals surface area (Å²) in [6.07, 6.45) is 0.615. The van der Waals surface area contributed by atoms with E-state index in [1.165, 1.54) is 38.5 Å². The van der Waals surface area contributed by atoms with E-state index in [4.69, 9.17) is 14.2 Å². The predicted molar refractivity (Wildman–Crippen MR) is 172 cm³/mol. The van der Waals surface area contributed by atoms with E-state index in [2.05, 4.69) is 13.5 Å². The molecule has 1 atom stereocenters. The van der Waals surface area contributed by atoms with Gasteiger partial charge in [-0.15, -0.1) is 0 Å². The molecule has 1 unspecified atom stereocenters. The van der Waals surface area contributed by atoms with Crippen LogP contribution in [0.4, 0.5) is 8.78 Å². The molecule has 0 bridgehead atoms. The van der Waals surface area contributed by atoms with Crippen LogP contribution in [0.2, 0.25) is 0 Å². The number of fused-ring (bicyclic) bond motifs is 1. The van der Waals surface area contributed by atoms with E-state index in [0.717, 1.165) is 17.8 Å². The molecule has 1 N–H and O–H groups in total. The van der Waals surface area contributed by atoms with Crippen LogP contribution in [0.25, 0.3) is 16.6 Å². The number of aliphatic hydroxyl groups is 1. The predicted octanol–water partition coefficient (Wildman–Crippen LogP) is 6.67. The molecule has 0 spiro atoms. The van der Waals surface area contributed by atoms with Crippen LogP contribution in [-0.4, -0.2) is 46.4 Å². The Hall–Kier alpha value is -5.20. The molecular weight excluding hydrogens is 630 g/mol. The number of hydrogen-bond donors (Lipinski definition) is 1. The fourth-order valence-electron chi connectivity index (χ4n) is 5.02. The molecule has 0 saturated carbocycles. The van der Waals surface area contributed by atoms with Gasteiger partial charge in [0.15, 0.2) is 23.1 Å². The van der Waals surface area contributed by atoms with E-state index in [1.807, 2.05) is 13.8 Å². The SMILES string of the molecule is COc1ccc(C=O)cc1F.COc1ccc(CC2=C(c3ccc4nsnc4c3)C(=O)OC2(O)c2ccc(OC(C)C)cc2)cc1F. The Kier molecular flexibility index (Phi) is 9.92. The van der Waals surface area contributed by atoms with Gasteiger partial charge in [0, 0.05) is 23.1 Å². The quantitative estimate of drug-likeness (QED) is 0.137. The van der Waals surface area contributed by atoms with Crippen molar-refractivity contribution in [3.63, 3.8) is 0 Å². The summed E-state index contributed by atoms with van der Waals surface area (Å²) in [5.41, 5.74) is 3.53. The molecule has 242 valence electrons. The number of nitrogens with zero attached hydrogens (tertiary/aromatic N) is 2. The Morgan fingerprint density at radius 2 is 1.55 bits per heavy atom. The molecule has 1 aliphatic rings.